The summed E-state index contributed by atoms with van der Waals surface area (Å²) in [5, 5.41) is 12.9. The second-order valence-corrected chi connectivity index (χ2v) is 21.1. The number of nitrogens with one attached hydrogen (secondary N) is 4. The van der Waals surface area contributed by atoms with Crippen LogP contribution in [0.2, 0.25) is 0 Å². The van der Waals surface area contributed by atoms with E-state index in [0.717, 1.165) is 91.5 Å². The van der Waals surface area contributed by atoms with Crippen LogP contribution >= 0.6 is 0 Å². The first-order chi connectivity index (χ1) is 38.5. The number of carbonyl (C=O) groups is 2. The van der Waals surface area contributed by atoms with Crippen LogP contribution in [0.25, 0.3) is 22.5 Å². The summed E-state index contributed by atoms with van der Waals surface area (Å²) < 4.78 is 5.32. The predicted octanol–water partition coefficient (Wildman–Crippen LogP) is 11.8. The molecular weight excluding hydrogens is 969 g/mol. The summed E-state index contributed by atoms with van der Waals surface area (Å²) in [4.78, 5) is 49.2. The first kappa shape index (κ1) is 52.1. The third-order valence-corrected chi connectivity index (χ3v) is 15.6. The van der Waals surface area contributed by atoms with Crippen molar-refractivity contribution in [2.45, 2.75) is 82.5 Å². The minimum atomic E-state index is -0.0197. The van der Waals surface area contributed by atoms with Crippen LogP contribution in [-0.2, 0) is 35.3 Å². The van der Waals surface area contributed by atoms with Gasteiger partial charge in [-0.05, 0) is 166 Å². The number of aryl methyl sites for hydroxylation is 1. The number of likely N-dealkylation sites (tertiary alicyclic amines) is 2. The highest BCUT2D eigenvalue weighted by Gasteiger charge is 2.29. The van der Waals surface area contributed by atoms with E-state index in [1.54, 1.807) is 6.26 Å². The fraction of sp³-hybridized carbons (Fsp3) is 0.323. The summed E-state index contributed by atoms with van der Waals surface area (Å²) in [7, 11) is 0. The molecule has 2 atom stereocenters. The summed E-state index contributed by atoms with van der Waals surface area (Å²) in [6.07, 6.45) is 16.2. The molecule has 398 valence electrons. The Kier molecular flexibility index (Phi) is 17.0. The van der Waals surface area contributed by atoms with Crippen molar-refractivity contribution in [2.24, 2.45) is 0 Å². The Balaban J connectivity index is 0.000000165. The number of furan rings is 1. The van der Waals surface area contributed by atoms with E-state index in [0.29, 0.717) is 31.2 Å². The van der Waals surface area contributed by atoms with E-state index < -0.39 is 0 Å². The SMILES string of the molecule is O=C(CCc1ccco1)Nc1ccc(C2Cc3cnc(NCCCN4CCCC4)nc3-c3ccccc32)cc1.O=C(Cc1ccccc1)Nc1ccc(C2Cc3cnc(NCCCN4CCCC4)nc3-c3ccccc32)cc1. The monoisotopic (exact) mass is 1040 g/mol. The van der Waals surface area contributed by atoms with Crippen LogP contribution < -0.4 is 21.3 Å². The molecule has 2 saturated heterocycles. The molecule has 13 heteroatoms. The Bertz CT molecular complexity index is 3250. The van der Waals surface area contributed by atoms with Gasteiger partial charge in [-0.1, -0.05) is 103 Å². The van der Waals surface area contributed by atoms with Crippen molar-refractivity contribution in [2.75, 3.05) is 73.6 Å². The summed E-state index contributed by atoms with van der Waals surface area (Å²) in [6, 6.07) is 47.1. The van der Waals surface area contributed by atoms with Crippen LogP contribution in [0.15, 0.2) is 163 Å². The molecule has 0 spiro atoms. The highest BCUT2D eigenvalue weighted by atomic mass is 16.3. The Morgan fingerprint density at radius 1 is 0.538 bits per heavy atom. The molecule has 8 aromatic rings. The number of hydrogen-bond acceptors (Lipinski definition) is 11. The molecule has 4 aliphatic rings. The number of carbonyl (C=O) groups excluding carboxylic acids is 2. The van der Waals surface area contributed by atoms with Crippen molar-refractivity contribution >= 4 is 35.1 Å². The van der Waals surface area contributed by atoms with Crippen molar-refractivity contribution < 1.29 is 14.0 Å². The normalized spacial score (nSPS) is 16.4. The molecular formula is C65H70N10O3. The van der Waals surface area contributed by atoms with Crippen molar-refractivity contribution in [1.29, 1.82) is 0 Å². The molecule has 78 heavy (non-hydrogen) atoms. The molecule has 5 aromatic carbocycles. The largest absolute Gasteiger partial charge is 0.469 e. The summed E-state index contributed by atoms with van der Waals surface area (Å²) in [6.45, 7) is 8.97. The van der Waals surface area contributed by atoms with E-state index in [4.69, 9.17) is 14.4 Å². The van der Waals surface area contributed by atoms with Gasteiger partial charge in [-0.25, -0.2) is 19.9 Å². The van der Waals surface area contributed by atoms with Crippen molar-refractivity contribution in [3.63, 3.8) is 0 Å². The maximum atomic E-state index is 12.5. The number of nitrogens with zero attached hydrogens (tertiary/aromatic N) is 6. The van der Waals surface area contributed by atoms with E-state index in [1.165, 1.54) is 90.8 Å². The summed E-state index contributed by atoms with van der Waals surface area (Å²) in [5.41, 5.74) is 14.3. The zero-order valence-electron chi connectivity index (χ0n) is 44.5. The lowest BCUT2D eigenvalue weighted by Crippen LogP contribution is -2.22. The molecule has 12 rings (SSSR count). The molecule has 2 amide bonds. The minimum Gasteiger partial charge on any atom is -0.469 e. The van der Waals surface area contributed by atoms with Crippen molar-refractivity contribution in [3.8, 4) is 22.5 Å². The zero-order chi connectivity index (χ0) is 52.9. The second kappa shape index (κ2) is 25.4. The molecule has 0 radical (unpaired) electrons. The Morgan fingerprint density at radius 2 is 1.03 bits per heavy atom. The molecule has 4 N–H and O–H groups in total. The van der Waals surface area contributed by atoms with Crippen LogP contribution in [0, 0.1) is 0 Å². The molecule has 2 aliphatic heterocycles. The molecule has 3 aromatic heterocycles. The second-order valence-electron chi connectivity index (χ2n) is 21.1. The number of anilines is 4. The van der Waals surface area contributed by atoms with E-state index in [2.05, 4.69) is 114 Å². The van der Waals surface area contributed by atoms with E-state index in [-0.39, 0.29) is 23.7 Å². The fourth-order valence-corrected chi connectivity index (χ4v) is 11.6. The quantitative estimate of drug-likeness (QED) is 0.0573. The lowest BCUT2D eigenvalue weighted by Gasteiger charge is -2.27. The topological polar surface area (TPSA) is 153 Å². The molecule has 2 unspecified atom stereocenters. The smallest absolute Gasteiger partial charge is 0.228 e. The molecule has 13 nitrogen and oxygen atoms in total. The van der Waals surface area contributed by atoms with Crippen LogP contribution in [0.5, 0.6) is 0 Å². The summed E-state index contributed by atoms with van der Waals surface area (Å²) in [5.74, 6) is 2.62. The maximum absolute atomic E-state index is 12.5. The first-order valence-electron chi connectivity index (χ1n) is 28.1. The number of benzene rings is 5. The zero-order valence-corrected chi connectivity index (χ0v) is 44.5. The standard InChI is InChI=1S/C33H35N5O.C32H35N5O2/c39-31(21-24-9-2-1-3-10-24)36-27-15-13-25(14-16-27)30-22-26-23-35-33(34-17-8-20-38-18-6-7-19-38)37-32(26)29-12-5-4-11-28(29)30;38-30(15-14-26-7-5-20-39-26)35-25-12-10-23(11-13-25)29-21-24-22-34-32(33-16-6-19-37-17-3-4-18-37)36-31(24)28-9-2-1-8-27(28)29/h1-5,9-16,23,30H,6-8,17-22H2,(H,36,39)(H,34,35,37);1-2,5,7-13,20,22,29H,3-4,6,14-19,21H2,(H,35,38)(H,33,34,36). The molecule has 5 heterocycles. The van der Waals surface area contributed by atoms with Gasteiger partial charge >= 0.3 is 0 Å². The van der Waals surface area contributed by atoms with Crippen LogP contribution in [0.1, 0.15) is 101 Å². The van der Waals surface area contributed by atoms with Gasteiger partial charge in [0.25, 0.3) is 0 Å². The highest BCUT2D eigenvalue weighted by molar-refractivity contribution is 5.92. The van der Waals surface area contributed by atoms with Gasteiger partial charge in [0, 0.05) is 72.7 Å². The molecule has 0 bridgehead atoms. The Morgan fingerprint density at radius 3 is 1.53 bits per heavy atom. The highest BCUT2D eigenvalue weighted by Crippen LogP contribution is 2.43. The van der Waals surface area contributed by atoms with Crippen LogP contribution in [0.4, 0.5) is 23.3 Å². The van der Waals surface area contributed by atoms with Gasteiger partial charge in [0.1, 0.15) is 5.76 Å². The van der Waals surface area contributed by atoms with Gasteiger partial charge in [-0.3, -0.25) is 9.59 Å². The molecule has 2 fully saturated rings. The van der Waals surface area contributed by atoms with E-state index in [1.807, 2.05) is 79.1 Å². The van der Waals surface area contributed by atoms with Gasteiger partial charge in [0.15, 0.2) is 0 Å². The van der Waals surface area contributed by atoms with Gasteiger partial charge in [-0.15, -0.1) is 0 Å². The molecule has 0 saturated carbocycles. The van der Waals surface area contributed by atoms with Crippen LogP contribution in [0.3, 0.4) is 0 Å². The Labute approximate surface area is 458 Å². The number of aromatic nitrogens is 4. The van der Waals surface area contributed by atoms with Gasteiger partial charge in [0.2, 0.25) is 23.7 Å². The van der Waals surface area contributed by atoms with E-state index >= 15 is 0 Å². The summed E-state index contributed by atoms with van der Waals surface area (Å²) >= 11 is 0. The predicted molar refractivity (Wildman–Crippen MR) is 311 cm³/mol. The van der Waals surface area contributed by atoms with Gasteiger partial charge in [-0.2, -0.15) is 0 Å². The molecule has 2 aliphatic carbocycles. The average molecular weight is 1040 g/mol. The lowest BCUT2D eigenvalue weighted by atomic mass is 9.78. The Hall–Kier alpha value is -8.00. The maximum Gasteiger partial charge on any atom is 0.228 e. The van der Waals surface area contributed by atoms with Gasteiger partial charge in [0.05, 0.1) is 24.1 Å². The number of rotatable bonds is 19. The van der Waals surface area contributed by atoms with Crippen molar-refractivity contribution in [1.82, 2.24) is 29.7 Å². The van der Waals surface area contributed by atoms with Gasteiger partial charge < -0.3 is 35.5 Å². The third kappa shape index (κ3) is 13.2. The first-order valence-corrected chi connectivity index (χ1v) is 28.1. The average Bonchev–Trinajstić information content (AvgIpc) is 4.33. The lowest BCUT2D eigenvalue weighted by molar-refractivity contribution is -0.116. The number of fused-ring (bicyclic) bond motifs is 6. The third-order valence-electron chi connectivity index (χ3n) is 15.6. The minimum absolute atomic E-state index is 0.0107. The number of hydrogen-bond donors (Lipinski definition) is 4. The van der Waals surface area contributed by atoms with E-state index in [9.17, 15) is 9.59 Å². The van der Waals surface area contributed by atoms with Crippen LogP contribution in [-0.4, -0.2) is 93.9 Å². The fourth-order valence-electron chi connectivity index (χ4n) is 11.6. The number of amides is 2. The van der Waals surface area contributed by atoms with Crippen molar-refractivity contribution in [3.05, 3.63) is 203 Å².